The van der Waals surface area contributed by atoms with Crippen LogP contribution in [0.25, 0.3) is 5.69 Å². The lowest BCUT2D eigenvalue weighted by Gasteiger charge is -2.11. The third-order valence-electron chi connectivity index (χ3n) is 3.42. The van der Waals surface area contributed by atoms with Crippen molar-refractivity contribution in [1.82, 2.24) is 19.7 Å². The number of aromatic nitrogens is 3. The van der Waals surface area contributed by atoms with E-state index in [1.165, 1.54) is 26.4 Å². The minimum absolute atomic E-state index is 0.0155. The smallest absolute Gasteiger partial charge is 0.244 e. The fourth-order valence-electron chi connectivity index (χ4n) is 2.14. The van der Waals surface area contributed by atoms with Crippen LogP contribution in [0.3, 0.4) is 0 Å². The number of methoxy groups -OCH3 is 2. The maximum absolute atomic E-state index is 12.5. The molecule has 0 amide bonds. The van der Waals surface area contributed by atoms with Crippen LogP contribution in [0.15, 0.2) is 46.1 Å². The Balaban J connectivity index is 1.76. The topological polar surface area (TPSA) is 95.3 Å². The van der Waals surface area contributed by atoms with Gasteiger partial charge in [-0.25, -0.2) is 17.8 Å². The van der Waals surface area contributed by atoms with Gasteiger partial charge in [-0.2, -0.15) is 11.3 Å². The molecule has 3 rings (SSSR count). The molecule has 0 aliphatic carbocycles. The van der Waals surface area contributed by atoms with E-state index in [0.29, 0.717) is 11.4 Å². The van der Waals surface area contributed by atoms with Crippen molar-refractivity contribution < 1.29 is 17.9 Å². The fraction of sp³-hybridized carbons (Fsp3) is 0.200. The molecule has 0 fully saturated rings. The summed E-state index contributed by atoms with van der Waals surface area (Å²) in [5.41, 5.74) is 1.38. The molecule has 0 saturated carbocycles. The van der Waals surface area contributed by atoms with Crippen molar-refractivity contribution in [3.63, 3.8) is 0 Å². The minimum atomic E-state index is -3.78. The summed E-state index contributed by atoms with van der Waals surface area (Å²) in [6, 6.07) is 6.41. The number of hydrogen-bond donors (Lipinski definition) is 1. The molecule has 132 valence electrons. The van der Waals surface area contributed by atoms with Crippen LogP contribution in [0.4, 0.5) is 0 Å². The van der Waals surface area contributed by atoms with E-state index in [9.17, 15) is 8.42 Å². The molecule has 0 unspecified atom stereocenters. The first kappa shape index (κ1) is 17.4. The first-order valence-electron chi connectivity index (χ1n) is 7.19. The normalized spacial score (nSPS) is 11.4. The van der Waals surface area contributed by atoms with Gasteiger partial charge in [-0.15, -0.1) is 5.10 Å². The summed E-state index contributed by atoms with van der Waals surface area (Å²) < 4.78 is 39.4. The standard InChI is InChI=1S/C15H16N4O4S2/c1-22-13-3-4-15(14(7-13)23-2)25(20,21)16-8-11-9-19(18-17-11)12-5-6-24-10-12/h3-7,9-10,16H,8H2,1-2H3. The average Bonchev–Trinajstić information content (AvgIpc) is 3.30. The van der Waals surface area contributed by atoms with Crippen molar-refractivity contribution in [1.29, 1.82) is 0 Å². The molecular weight excluding hydrogens is 364 g/mol. The quantitative estimate of drug-likeness (QED) is 0.672. The highest BCUT2D eigenvalue weighted by atomic mass is 32.2. The van der Waals surface area contributed by atoms with Gasteiger partial charge in [-0.3, -0.25) is 0 Å². The maximum atomic E-state index is 12.5. The number of sulfonamides is 1. The van der Waals surface area contributed by atoms with E-state index >= 15 is 0 Å². The number of hydrogen-bond acceptors (Lipinski definition) is 7. The molecule has 0 radical (unpaired) electrons. The Hall–Kier alpha value is -2.43. The predicted molar refractivity (Wildman–Crippen MR) is 92.8 cm³/mol. The van der Waals surface area contributed by atoms with Gasteiger partial charge in [-0.05, 0) is 23.6 Å². The molecular formula is C15H16N4O4S2. The highest BCUT2D eigenvalue weighted by Gasteiger charge is 2.20. The molecule has 0 aliphatic rings. The summed E-state index contributed by atoms with van der Waals surface area (Å²) in [6.45, 7) is 0.0155. The first-order valence-corrected chi connectivity index (χ1v) is 9.61. The van der Waals surface area contributed by atoms with Gasteiger partial charge in [0.1, 0.15) is 16.4 Å². The molecule has 0 spiro atoms. The van der Waals surface area contributed by atoms with Crippen LogP contribution in [0.2, 0.25) is 0 Å². The second kappa shape index (κ2) is 7.21. The summed E-state index contributed by atoms with van der Waals surface area (Å²) in [4.78, 5) is 0.0287. The lowest BCUT2D eigenvalue weighted by Crippen LogP contribution is -2.24. The van der Waals surface area contributed by atoms with Crippen LogP contribution in [0.1, 0.15) is 5.69 Å². The summed E-state index contributed by atoms with van der Waals surface area (Å²) in [5, 5.41) is 11.8. The molecule has 0 saturated heterocycles. The first-order chi connectivity index (χ1) is 12.0. The largest absolute Gasteiger partial charge is 0.497 e. The Morgan fingerprint density at radius 1 is 1.24 bits per heavy atom. The van der Waals surface area contributed by atoms with E-state index in [2.05, 4.69) is 15.0 Å². The van der Waals surface area contributed by atoms with E-state index in [0.717, 1.165) is 5.69 Å². The van der Waals surface area contributed by atoms with Crippen molar-refractivity contribution in [3.05, 3.63) is 46.9 Å². The molecule has 3 aromatic rings. The van der Waals surface area contributed by atoms with Crippen LogP contribution >= 0.6 is 11.3 Å². The molecule has 0 aliphatic heterocycles. The minimum Gasteiger partial charge on any atom is -0.497 e. The van der Waals surface area contributed by atoms with Gasteiger partial charge in [0.05, 0.1) is 38.3 Å². The van der Waals surface area contributed by atoms with Crippen molar-refractivity contribution in [2.24, 2.45) is 0 Å². The zero-order chi connectivity index (χ0) is 17.9. The van der Waals surface area contributed by atoms with Gasteiger partial charge >= 0.3 is 0 Å². The van der Waals surface area contributed by atoms with E-state index in [1.807, 2.05) is 16.8 Å². The molecule has 25 heavy (non-hydrogen) atoms. The predicted octanol–water partition coefficient (Wildman–Crippen LogP) is 1.82. The molecule has 1 aromatic carbocycles. The van der Waals surface area contributed by atoms with E-state index in [1.54, 1.807) is 28.3 Å². The SMILES string of the molecule is COc1ccc(S(=O)(=O)NCc2cn(-c3ccsc3)nn2)c(OC)c1. The summed E-state index contributed by atoms with van der Waals surface area (Å²) >= 11 is 1.54. The highest BCUT2D eigenvalue weighted by Crippen LogP contribution is 2.28. The maximum Gasteiger partial charge on any atom is 0.244 e. The zero-order valence-corrected chi connectivity index (χ0v) is 15.2. The van der Waals surface area contributed by atoms with Crippen LogP contribution in [-0.2, 0) is 16.6 Å². The van der Waals surface area contributed by atoms with Crippen molar-refractivity contribution >= 4 is 21.4 Å². The number of ether oxygens (including phenoxy) is 2. The zero-order valence-electron chi connectivity index (χ0n) is 13.5. The molecule has 8 nitrogen and oxygen atoms in total. The van der Waals surface area contributed by atoms with Crippen molar-refractivity contribution in [2.75, 3.05) is 14.2 Å². The van der Waals surface area contributed by atoms with Gasteiger partial charge in [0.15, 0.2) is 0 Å². The number of rotatable bonds is 7. The third-order valence-corrected chi connectivity index (χ3v) is 5.53. The Morgan fingerprint density at radius 2 is 2.08 bits per heavy atom. The lowest BCUT2D eigenvalue weighted by molar-refractivity contribution is 0.386. The van der Waals surface area contributed by atoms with E-state index < -0.39 is 10.0 Å². The Labute approximate surface area is 149 Å². The van der Waals surface area contributed by atoms with Crippen molar-refractivity contribution in [2.45, 2.75) is 11.4 Å². The van der Waals surface area contributed by atoms with Crippen LogP contribution in [0, 0.1) is 0 Å². The molecule has 2 aromatic heterocycles. The van der Waals surface area contributed by atoms with Crippen molar-refractivity contribution in [3.8, 4) is 17.2 Å². The molecule has 10 heteroatoms. The highest BCUT2D eigenvalue weighted by molar-refractivity contribution is 7.89. The lowest BCUT2D eigenvalue weighted by atomic mass is 10.3. The summed E-state index contributed by atoms with van der Waals surface area (Å²) in [6.07, 6.45) is 1.68. The second-order valence-electron chi connectivity index (χ2n) is 4.98. The van der Waals surface area contributed by atoms with Crippen LogP contribution < -0.4 is 14.2 Å². The van der Waals surface area contributed by atoms with Gasteiger partial charge in [0, 0.05) is 11.4 Å². The van der Waals surface area contributed by atoms with Gasteiger partial charge in [0.2, 0.25) is 10.0 Å². The van der Waals surface area contributed by atoms with Gasteiger partial charge < -0.3 is 9.47 Å². The molecule has 0 atom stereocenters. The van der Waals surface area contributed by atoms with E-state index in [4.69, 9.17) is 9.47 Å². The van der Waals surface area contributed by atoms with Gasteiger partial charge in [0.25, 0.3) is 0 Å². The molecule has 1 N–H and O–H groups in total. The molecule has 0 bridgehead atoms. The number of thiophene rings is 1. The van der Waals surface area contributed by atoms with E-state index in [-0.39, 0.29) is 17.2 Å². The molecule has 2 heterocycles. The Kier molecular flexibility index (Phi) is 5.02. The van der Waals surface area contributed by atoms with Crippen LogP contribution in [0.5, 0.6) is 11.5 Å². The number of benzene rings is 1. The second-order valence-corrected chi connectivity index (χ2v) is 7.49. The van der Waals surface area contributed by atoms with Crippen LogP contribution in [-0.4, -0.2) is 37.6 Å². The Bertz CT molecular complexity index is 952. The summed E-state index contributed by atoms with van der Waals surface area (Å²) in [7, 11) is -0.875. The van der Waals surface area contributed by atoms with Gasteiger partial charge in [-0.1, -0.05) is 5.21 Å². The summed E-state index contributed by atoms with van der Waals surface area (Å²) in [5.74, 6) is 0.711. The third kappa shape index (κ3) is 3.81. The number of nitrogens with zero attached hydrogens (tertiary/aromatic N) is 3. The Morgan fingerprint density at radius 3 is 2.76 bits per heavy atom. The fourth-order valence-corrected chi connectivity index (χ4v) is 3.91. The number of nitrogens with one attached hydrogen (secondary N) is 1. The average molecular weight is 380 g/mol. The monoisotopic (exact) mass is 380 g/mol.